The Morgan fingerprint density at radius 3 is 2.62 bits per heavy atom. The molecule has 2 fully saturated rings. The number of nitrogens with zero attached hydrogens (tertiary/aromatic N) is 2. The molecule has 4 rings (SSSR count). The van der Waals surface area contributed by atoms with Gasteiger partial charge in [-0.3, -0.25) is 4.79 Å². The highest BCUT2D eigenvalue weighted by molar-refractivity contribution is 5.94. The molecule has 2 aromatic rings. The van der Waals surface area contributed by atoms with Gasteiger partial charge in [0.15, 0.2) is 0 Å². The molecule has 0 aliphatic heterocycles. The molecule has 0 unspecified atom stereocenters. The van der Waals surface area contributed by atoms with Crippen LogP contribution >= 0.6 is 0 Å². The maximum absolute atomic E-state index is 13.2. The number of carbonyl (C=O) groups excluding carboxylic acids is 1. The van der Waals surface area contributed by atoms with Crippen molar-refractivity contribution in [2.24, 2.45) is 5.92 Å². The summed E-state index contributed by atoms with van der Waals surface area (Å²) in [7, 11) is 0. The lowest BCUT2D eigenvalue weighted by Crippen LogP contribution is -2.19. The van der Waals surface area contributed by atoms with Gasteiger partial charge in [-0.15, -0.1) is 0 Å². The van der Waals surface area contributed by atoms with Gasteiger partial charge in [0.25, 0.3) is 0 Å². The van der Waals surface area contributed by atoms with E-state index < -0.39 is 17.7 Å². The molecular formula is C19H20F3N3O. The van der Waals surface area contributed by atoms with Crippen molar-refractivity contribution >= 4 is 11.7 Å². The molecule has 1 aromatic carbocycles. The highest BCUT2D eigenvalue weighted by Crippen LogP contribution is 2.51. The van der Waals surface area contributed by atoms with Crippen LogP contribution in [0.1, 0.15) is 55.2 Å². The summed E-state index contributed by atoms with van der Waals surface area (Å²) in [6.45, 7) is 0. The van der Waals surface area contributed by atoms with E-state index in [2.05, 4.69) is 10.4 Å². The van der Waals surface area contributed by atoms with Crippen LogP contribution in [0.2, 0.25) is 0 Å². The predicted molar refractivity (Wildman–Crippen MR) is 90.7 cm³/mol. The predicted octanol–water partition coefficient (Wildman–Crippen LogP) is 4.76. The zero-order valence-electron chi connectivity index (χ0n) is 14.2. The molecule has 1 amide bonds. The Morgan fingerprint density at radius 2 is 1.88 bits per heavy atom. The van der Waals surface area contributed by atoms with E-state index >= 15 is 0 Å². The molecular weight excluding hydrogens is 343 g/mol. The molecule has 2 atom stereocenters. The molecule has 138 valence electrons. The van der Waals surface area contributed by atoms with Crippen LogP contribution < -0.4 is 5.32 Å². The van der Waals surface area contributed by atoms with Crippen molar-refractivity contribution < 1.29 is 18.0 Å². The zero-order valence-corrected chi connectivity index (χ0v) is 14.2. The number of halogens is 3. The summed E-state index contributed by atoms with van der Waals surface area (Å²) in [5.74, 6) is -0.399. The second-order valence-electron chi connectivity index (χ2n) is 7.12. The summed E-state index contributed by atoms with van der Waals surface area (Å²) in [5, 5.41) is 7.18. The molecule has 2 aliphatic carbocycles. The quantitative estimate of drug-likeness (QED) is 0.851. The molecule has 0 spiro atoms. The maximum atomic E-state index is 13.2. The van der Waals surface area contributed by atoms with E-state index in [4.69, 9.17) is 0 Å². The number of carbonyl (C=O) groups is 1. The van der Waals surface area contributed by atoms with E-state index in [1.807, 2.05) is 4.68 Å². The minimum Gasteiger partial charge on any atom is -0.311 e. The van der Waals surface area contributed by atoms with Gasteiger partial charge in [0.1, 0.15) is 5.82 Å². The maximum Gasteiger partial charge on any atom is 0.416 e. The van der Waals surface area contributed by atoms with Crippen molar-refractivity contribution in [3.8, 4) is 0 Å². The Kier molecular flexibility index (Phi) is 4.25. The van der Waals surface area contributed by atoms with Crippen molar-refractivity contribution in [1.29, 1.82) is 0 Å². The smallest absolute Gasteiger partial charge is 0.311 e. The van der Waals surface area contributed by atoms with Crippen molar-refractivity contribution in [3.63, 3.8) is 0 Å². The second kappa shape index (κ2) is 6.45. The lowest BCUT2D eigenvalue weighted by molar-refractivity contribution is -0.138. The van der Waals surface area contributed by atoms with Crippen molar-refractivity contribution in [3.05, 3.63) is 47.7 Å². The minimum atomic E-state index is -4.40. The summed E-state index contributed by atoms with van der Waals surface area (Å²) in [4.78, 5) is 12.6. The molecule has 1 N–H and O–H groups in total. The Hall–Kier alpha value is -2.31. The van der Waals surface area contributed by atoms with Crippen LogP contribution in [0.5, 0.6) is 0 Å². The molecule has 26 heavy (non-hydrogen) atoms. The summed E-state index contributed by atoms with van der Waals surface area (Å²) >= 11 is 0. The van der Waals surface area contributed by atoms with E-state index in [0.29, 0.717) is 18.3 Å². The molecule has 1 heterocycles. The van der Waals surface area contributed by atoms with Gasteiger partial charge in [-0.25, -0.2) is 4.68 Å². The van der Waals surface area contributed by atoms with Gasteiger partial charge in [0.2, 0.25) is 5.91 Å². The van der Waals surface area contributed by atoms with E-state index in [-0.39, 0.29) is 17.4 Å². The van der Waals surface area contributed by atoms with Crippen LogP contribution in [0.4, 0.5) is 19.0 Å². The fourth-order valence-corrected chi connectivity index (χ4v) is 3.98. The van der Waals surface area contributed by atoms with Gasteiger partial charge < -0.3 is 5.32 Å². The number of amides is 1. The van der Waals surface area contributed by atoms with Crippen molar-refractivity contribution in [2.75, 3.05) is 5.32 Å². The first-order chi connectivity index (χ1) is 12.4. The first-order valence-electron chi connectivity index (χ1n) is 8.95. The lowest BCUT2D eigenvalue weighted by Gasteiger charge is -2.15. The standard InChI is InChI=1S/C19H20F3N3O/c20-19(21,22)16-8-4-3-7-13(16)14-11-15(14)18(26)24-17-9-10-23-25(17)12-5-1-2-6-12/h3-4,7-10,12,14-15H,1-2,5-6,11H2,(H,24,26)/t14-,15+/m1/s1. The number of aromatic nitrogens is 2. The third-order valence-corrected chi connectivity index (χ3v) is 5.39. The third kappa shape index (κ3) is 3.22. The van der Waals surface area contributed by atoms with E-state index in [0.717, 1.165) is 31.7 Å². The fraction of sp³-hybridized carbons (Fsp3) is 0.474. The van der Waals surface area contributed by atoms with Gasteiger partial charge in [-0.1, -0.05) is 31.0 Å². The summed E-state index contributed by atoms with van der Waals surface area (Å²) in [6, 6.07) is 7.57. The summed E-state index contributed by atoms with van der Waals surface area (Å²) in [5.41, 5.74) is -0.430. The second-order valence-corrected chi connectivity index (χ2v) is 7.12. The molecule has 2 saturated carbocycles. The number of hydrogen-bond acceptors (Lipinski definition) is 2. The number of hydrogen-bond donors (Lipinski definition) is 1. The summed E-state index contributed by atoms with van der Waals surface area (Å²) in [6.07, 6.45) is 2.06. The van der Waals surface area contributed by atoms with Crippen LogP contribution in [0.25, 0.3) is 0 Å². The first-order valence-corrected chi connectivity index (χ1v) is 8.95. The van der Waals surface area contributed by atoms with Crippen LogP contribution in [0.15, 0.2) is 36.5 Å². The number of nitrogens with one attached hydrogen (secondary N) is 1. The van der Waals surface area contributed by atoms with Crippen LogP contribution in [0, 0.1) is 5.92 Å². The Balaban J connectivity index is 1.47. The Bertz CT molecular complexity index is 808. The summed E-state index contributed by atoms with van der Waals surface area (Å²) < 4.78 is 41.4. The van der Waals surface area contributed by atoms with Crippen molar-refractivity contribution in [2.45, 2.75) is 50.2 Å². The van der Waals surface area contributed by atoms with Gasteiger partial charge in [-0.05, 0) is 36.8 Å². The fourth-order valence-electron chi connectivity index (χ4n) is 3.98. The van der Waals surface area contributed by atoms with E-state index in [9.17, 15) is 18.0 Å². The SMILES string of the molecule is O=C(Nc1ccnn1C1CCCC1)[C@H]1C[C@@H]1c1ccccc1C(F)(F)F. The zero-order chi connectivity index (χ0) is 18.3. The molecule has 4 nitrogen and oxygen atoms in total. The van der Waals surface area contributed by atoms with Crippen LogP contribution in [-0.2, 0) is 11.0 Å². The monoisotopic (exact) mass is 363 g/mol. The molecule has 0 radical (unpaired) electrons. The highest BCUT2D eigenvalue weighted by atomic mass is 19.4. The van der Waals surface area contributed by atoms with Gasteiger partial charge >= 0.3 is 6.18 Å². The average molecular weight is 363 g/mol. The van der Waals surface area contributed by atoms with Crippen LogP contribution in [0.3, 0.4) is 0 Å². The first kappa shape index (κ1) is 17.1. The largest absolute Gasteiger partial charge is 0.416 e. The molecule has 2 aliphatic rings. The molecule has 0 saturated heterocycles. The topological polar surface area (TPSA) is 46.9 Å². The average Bonchev–Trinajstić information content (AvgIpc) is 2.99. The van der Waals surface area contributed by atoms with Gasteiger partial charge in [-0.2, -0.15) is 18.3 Å². The Labute approximate surface area is 149 Å². The number of rotatable bonds is 4. The van der Waals surface area contributed by atoms with Gasteiger partial charge in [0.05, 0.1) is 17.8 Å². The van der Waals surface area contributed by atoms with Crippen LogP contribution in [-0.4, -0.2) is 15.7 Å². The lowest BCUT2D eigenvalue weighted by atomic mass is 10.0. The third-order valence-electron chi connectivity index (χ3n) is 5.39. The molecule has 7 heteroatoms. The molecule has 1 aromatic heterocycles. The van der Waals surface area contributed by atoms with E-state index in [1.165, 1.54) is 12.1 Å². The number of alkyl halides is 3. The molecule has 0 bridgehead atoms. The number of anilines is 1. The Morgan fingerprint density at radius 1 is 1.15 bits per heavy atom. The normalized spacial score (nSPS) is 23.2. The van der Waals surface area contributed by atoms with Crippen molar-refractivity contribution in [1.82, 2.24) is 9.78 Å². The highest BCUT2D eigenvalue weighted by Gasteiger charge is 2.48. The minimum absolute atomic E-state index is 0.212. The number of benzene rings is 1. The van der Waals surface area contributed by atoms with E-state index in [1.54, 1.807) is 18.3 Å². The van der Waals surface area contributed by atoms with Gasteiger partial charge in [0, 0.05) is 12.0 Å².